The highest BCUT2D eigenvalue weighted by Crippen LogP contribution is 2.34. The lowest BCUT2D eigenvalue weighted by Crippen LogP contribution is -2.26. The smallest absolute Gasteiger partial charge is 0.161 e. The van der Waals surface area contributed by atoms with Gasteiger partial charge in [0.25, 0.3) is 0 Å². The van der Waals surface area contributed by atoms with Gasteiger partial charge in [-0.1, -0.05) is 26.0 Å². The molecule has 0 radical (unpaired) electrons. The molecule has 0 fully saturated rings. The van der Waals surface area contributed by atoms with E-state index in [9.17, 15) is 0 Å². The fraction of sp³-hybridized carbons (Fsp3) is 0.455. The van der Waals surface area contributed by atoms with Crippen LogP contribution in [0.3, 0.4) is 0 Å². The van der Waals surface area contributed by atoms with Crippen molar-refractivity contribution in [3.05, 3.63) is 47.5 Å². The molecule has 0 heterocycles. The van der Waals surface area contributed by atoms with E-state index >= 15 is 0 Å². The minimum absolute atomic E-state index is 0.197. The fourth-order valence-electron chi connectivity index (χ4n) is 3.28. The van der Waals surface area contributed by atoms with Gasteiger partial charge in [-0.2, -0.15) is 0 Å². The number of hydrogen-bond acceptors (Lipinski definition) is 5. The first kappa shape index (κ1) is 20.9. The van der Waals surface area contributed by atoms with E-state index in [-0.39, 0.29) is 12.1 Å². The predicted octanol–water partition coefficient (Wildman–Crippen LogP) is 4.91. The van der Waals surface area contributed by atoms with E-state index in [2.05, 4.69) is 31.3 Å². The van der Waals surface area contributed by atoms with Crippen molar-refractivity contribution in [1.29, 1.82) is 0 Å². The molecule has 2 rings (SSSR count). The van der Waals surface area contributed by atoms with Crippen molar-refractivity contribution in [3.8, 4) is 23.0 Å². The summed E-state index contributed by atoms with van der Waals surface area (Å²) >= 11 is 0. The lowest BCUT2D eigenvalue weighted by molar-refractivity contribution is 0.351. The van der Waals surface area contributed by atoms with Crippen molar-refractivity contribution in [2.24, 2.45) is 0 Å². The zero-order chi connectivity index (χ0) is 19.8. The van der Waals surface area contributed by atoms with Crippen molar-refractivity contribution in [3.63, 3.8) is 0 Å². The number of nitrogens with one attached hydrogen (secondary N) is 1. The average molecular weight is 373 g/mol. The maximum Gasteiger partial charge on any atom is 0.161 e. The Balaban J connectivity index is 2.27. The maximum atomic E-state index is 5.46. The summed E-state index contributed by atoms with van der Waals surface area (Å²) in [6.07, 6.45) is 1.92. The molecule has 2 atom stereocenters. The molecule has 0 aliphatic heterocycles. The van der Waals surface area contributed by atoms with Crippen LogP contribution in [0.2, 0.25) is 0 Å². The Morgan fingerprint density at radius 1 is 0.630 bits per heavy atom. The van der Waals surface area contributed by atoms with E-state index in [1.807, 2.05) is 24.3 Å². The second kappa shape index (κ2) is 10.1. The molecule has 148 valence electrons. The summed E-state index contributed by atoms with van der Waals surface area (Å²) in [6.45, 7) is 4.35. The van der Waals surface area contributed by atoms with Crippen LogP contribution in [-0.4, -0.2) is 28.4 Å². The summed E-state index contributed by atoms with van der Waals surface area (Å²) in [5.74, 6) is 2.97. The zero-order valence-electron chi connectivity index (χ0n) is 17.2. The van der Waals surface area contributed by atoms with Gasteiger partial charge in [0.05, 0.1) is 28.4 Å². The minimum Gasteiger partial charge on any atom is -0.493 e. The largest absolute Gasteiger partial charge is 0.493 e. The Hall–Kier alpha value is -2.40. The predicted molar refractivity (Wildman–Crippen MR) is 108 cm³/mol. The van der Waals surface area contributed by atoms with Crippen LogP contribution in [-0.2, 0) is 0 Å². The first-order valence-electron chi connectivity index (χ1n) is 9.31. The first-order valence-corrected chi connectivity index (χ1v) is 9.31. The molecule has 0 saturated carbocycles. The molecule has 5 nitrogen and oxygen atoms in total. The lowest BCUT2D eigenvalue weighted by Gasteiger charge is -2.26. The Bertz CT molecular complexity index is 671. The molecule has 0 spiro atoms. The molecule has 27 heavy (non-hydrogen) atoms. The van der Waals surface area contributed by atoms with Crippen LogP contribution in [0.5, 0.6) is 23.0 Å². The molecule has 5 heteroatoms. The highest BCUT2D eigenvalue weighted by atomic mass is 16.5. The van der Waals surface area contributed by atoms with Crippen LogP contribution in [0.4, 0.5) is 0 Å². The van der Waals surface area contributed by atoms with Crippen molar-refractivity contribution < 1.29 is 18.9 Å². The van der Waals surface area contributed by atoms with Crippen molar-refractivity contribution in [2.45, 2.75) is 38.8 Å². The summed E-state index contributed by atoms with van der Waals surface area (Å²) in [6, 6.07) is 12.6. The normalized spacial score (nSPS) is 13.0. The SMILES string of the molecule is CCC(NC(CC)c1ccc(OC)c(OC)c1)c1ccc(OC)c(OC)c1. The van der Waals surface area contributed by atoms with Gasteiger partial charge in [-0.3, -0.25) is 0 Å². The molecular formula is C22H31NO4. The quantitative estimate of drug-likeness (QED) is 0.641. The zero-order valence-corrected chi connectivity index (χ0v) is 17.2. The van der Waals surface area contributed by atoms with Crippen molar-refractivity contribution >= 4 is 0 Å². The molecule has 0 saturated heterocycles. The monoisotopic (exact) mass is 373 g/mol. The van der Waals surface area contributed by atoms with E-state index in [4.69, 9.17) is 18.9 Å². The third kappa shape index (κ3) is 4.86. The van der Waals surface area contributed by atoms with Gasteiger partial charge in [-0.05, 0) is 48.2 Å². The highest BCUT2D eigenvalue weighted by Gasteiger charge is 2.19. The van der Waals surface area contributed by atoms with Crippen LogP contribution in [0.1, 0.15) is 49.9 Å². The standard InChI is InChI=1S/C22H31NO4/c1-7-17(15-9-11-19(24-3)21(13-15)26-5)23-18(8-2)16-10-12-20(25-4)22(14-16)27-6/h9-14,17-18,23H,7-8H2,1-6H3. The van der Waals surface area contributed by atoms with Gasteiger partial charge in [0, 0.05) is 12.1 Å². The summed E-state index contributed by atoms with van der Waals surface area (Å²) in [5.41, 5.74) is 2.35. The third-order valence-corrected chi connectivity index (χ3v) is 4.84. The lowest BCUT2D eigenvalue weighted by atomic mass is 9.98. The molecule has 2 unspecified atom stereocenters. The number of hydrogen-bond donors (Lipinski definition) is 1. The topological polar surface area (TPSA) is 49.0 Å². The van der Waals surface area contributed by atoms with Gasteiger partial charge in [0.15, 0.2) is 23.0 Å². The molecule has 0 aliphatic carbocycles. The summed E-state index contributed by atoms with van der Waals surface area (Å²) in [7, 11) is 6.62. The van der Waals surface area contributed by atoms with Gasteiger partial charge in [0.1, 0.15) is 0 Å². The number of rotatable bonds is 10. The molecule has 0 bridgehead atoms. The Labute approximate surface area is 162 Å². The van der Waals surface area contributed by atoms with Gasteiger partial charge in [-0.25, -0.2) is 0 Å². The molecular weight excluding hydrogens is 342 g/mol. The first-order chi connectivity index (χ1) is 13.1. The highest BCUT2D eigenvalue weighted by molar-refractivity contribution is 5.45. The number of benzene rings is 2. The van der Waals surface area contributed by atoms with E-state index < -0.39 is 0 Å². The molecule has 1 N–H and O–H groups in total. The van der Waals surface area contributed by atoms with Crippen LogP contribution in [0.25, 0.3) is 0 Å². The molecule has 2 aromatic rings. The minimum atomic E-state index is 0.197. The second-order valence-electron chi connectivity index (χ2n) is 6.32. The molecule has 0 amide bonds. The van der Waals surface area contributed by atoms with Gasteiger partial charge < -0.3 is 24.3 Å². The maximum absolute atomic E-state index is 5.46. The van der Waals surface area contributed by atoms with Crippen molar-refractivity contribution in [2.75, 3.05) is 28.4 Å². The van der Waals surface area contributed by atoms with E-state index in [1.54, 1.807) is 28.4 Å². The van der Waals surface area contributed by atoms with E-state index in [0.717, 1.165) is 35.8 Å². The molecule has 0 aromatic heterocycles. The summed E-state index contributed by atoms with van der Waals surface area (Å²) in [5, 5.41) is 3.77. The van der Waals surface area contributed by atoms with Crippen LogP contribution < -0.4 is 24.3 Å². The summed E-state index contributed by atoms with van der Waals surface area (Å²) < 4.78 is 21.6. The van der Waals surface area contributed by atoms with Crippen LogP contribution in [0.15, 0.2) is 36.4 Å². The van der Waals surface area contributed by atoms with Gasteiger partial charge in [0.2, 0.25) is 0 Å². The van der Waals surface area contributed by atoms with Crippen molar-refractivity contribution in [1.82, 2.24) is 5.32 Å². The Morgan fingerprint density at radius 3 is 1.30 bits per heavy atom. The van der Waals surface area contributed by atoms with E-state index in [1.165, 1.54) is 11.1 Å². The van der Waals surface area contributed by atoms with Gasteiger partial charge >= 0.3 is 0 Å². The summed E-state index contributed by atoms with van der Waals surface area (Å²) in [4.78, 5) is 0. The van der Waals surface area contributed by atoms with Crippen LogP contribution in [0, 0.1) is 0 Å². The Kier molecular flexibility index (Phi) is 7.80. The number of methoxy groups -OCH3 is 4. The molecule has 0 aliphatic rings. The second-order valence-corrected chi connectivity index (χ2v) is 6.32. The van der Waals surface area contributed by atoms with Gasteiger partial charge in [-0.15, -0.1) is 0 Å². The van der Waals surface area contributed by atoms with Crippen LogP contribution >= 0.6 is 0 Å². The third-order valence-electron chi connectivity index (χ3n) is 4.84. The number of ether oxygens (including phenoxy) is 4. The molecule has 2 aromatic carbocycles. The Morgan fingerprint density at radius 2 is 1.00 bits per heavy atom. The fourth-order valence-corrected chi connectivity index (χ4v) is 3.28. The van der Waals surface area contributed by atoms with E-state index in [0.29, 0.717) is 0 Å². The average Bonchev–Trinajstić information content (AvgIpc) is 2.73.